The molecule has 0 aliphatic carbocycles. The molecule has 7 heterocycles. The number of aromatic nitrogens is 7. The lowest BCUT2D eigenvalue weighted by Crippen LogP contribution is -1.94. The van der Waals surface area contributed by atoms with Crippen LogP contribution in [0.5, 0.6) is 0 Å². The molecule has 5 N–H and O–H groups in total. The Bertz CT molecular complexity index is 6420. The quantitative estimate of drug-likeness (QED) is 0.0544. The van der Waals surface area contributed by atoms with Crippen LogP contribution in [0.15, 0.2) is 438 Å². The molecule has 0 aliphatic heterocycles. The summed E-state index contributed by atoms with van der Waals surface area (Å²) in [5.74, 6) is 0. The first-order valence-corrected chi connectivity index (χ1v) is 39.0. The Morgan fingerprint density at radius 1 is 0.231 bits per heavy atom. The summed E-state index contributed by atoms with van der Waals surface area (Å²) in [5.41, 5.74) is 27.3. The summed E-state index contributed by atoms with van der Waals surface area (Å²) in [6, 6.07) is 121. The zero-order valence-electron chi connectivity index (χ0n) is 65.5. The molecular formula is C106H77N15. The first-order valence-electron chi connectivity index (χ1n) is 39.0. The maximum atomic E-state index is 8.96. The van der Waals surface area contributed by atoms with Crippen molar-refractivity contribution in [2.45, 2.75) is 0 Å². The number of benzene rings is 12. The number of anilines is 10. The van der Waals surface area contributed by atoms with Gasteiger partial charge in [0.05, 0.1) is 30.5 Å². The Morgan fingerprint density at radius 3 is 1.03 bits per heavy atom. The van der Waals surface area contributed by atoms with Gasteiger partial charge in [-0.2, -0.15) is 5.26 Å². The van der Waals surface area contributed by atoms with Crippen molar-refractivity contribution in [3.8, 4) is 84.1 Å². The van der Waals surface area contributed by atoms with Gasteiger partial charge in [-0.1, -0.05) is 164 Å². The van der Waals surface area contributed by atoms with Crippen molar-refractivity contribution in [2.75, 3.05) is 26.6 Å². The van der Waals surface area contributed by atoms with E-state index in [2.05, 4.69) is 253 Å². The summed E-state index contributed by atoms with van der Waals surface area (Å²) in [4.78, 5) is 36.3. The predicted molar refractivity (Wildman–Crippen MR) is 496 cm³/mol. The summed E-state index contributed by atoms with van der Waals surface area (Å²) < 4.78 is 0. The second-order valence-corrected chi connectivity index (χ2v) is 27.7. The van der Waals surface area contributed by atoms with Crippen molar-refractivity contribution >= 4 is 89.8 Å². The number of fused-ring (bicyclic) bond motifs is 2. The zero-order valence-corrected chi connectivity index (χ0v) is 65.5. The topological polar surface area (TPSA) is 183 Å². The third-order valence-electron chi connectivity index (χ3n) is 19.4. The van der Waals surface area contributed by atoms with Crippen molar-refractivity contribution in [1.82, 2.24) is 34.9 Å². The largest absolute Gasteiger partial charge is 0.356 e. The Morgan fingerprint density at radius 2 is 0.595 bits per heavy atom. The molecule has 0 saturated heterocycles. The smallest absolute Gasteiger partial charge is 0.187 e. The summed E-state index contributed by atoms with van der Waals surface area (Å²) in [6.07, 6.45) is 23.7. The molecule has 0 aliphatic rings. The molecular weight excluding hydrogens is 1480 g/mol. The molecule has 121 heavy (non-hydrogen) atoms. The molecule has 0 fully saturated rings. The van der Waals surface area contributed by atoms with Crippen LogP contribution in [-0.2, 0) is 0 Å². The van der Waals surface area contributed by atoms with Crippen LogP contribution in [-0.4, -0.2) is 34.9 Å². The summed E-state index contributed by atoms with van der Waals surface area (Å²) in [5, 5.41) is 31.0. The summed E-state index contributed by atoms with van der Waals surface area (Å²) in [7, 11) is 0. The maximum absolute atomic E-state index is 8.96. The molecule has 0 spiro atoms. The molecule has 0 radical (unpaired) electrons. The van der Waals surface area contributed by atoms with Crippen LogP contribution in [0.2, 0.25) is 0 Å². The van der Waals surface area contributed by atoms with E-state index in [0.717, 1.165) is 129 Å². The maximum Gasteiger partial charge on any atom is 0.187 e. The lowest BCUT2D eigenvalue weighted by molar-refractivity contribution is 1.32. The average molecular weight is 1560 g/mol. The highest BCUT2D eigenvalue weighted by Crippen LogP contribution is 2.36. The van der Waals surface area contributed by atoms with Gasteiger partial charge in [0.15, 0.2) is 11.4 Å². The molecule has 15 nitrogen and oxygen atoms in total. The number of pyridine rings is 7. The van der Waals surface area contributed by atoms with Gasteiger partial charge in [0.25, 0.3) is 0 Å². The molecule has 7 aromatic heterocycles. The molecule has 15 heteroatoms. The van der Waals surface area contributed by atoms with Crippen LogP contribution < -0.4 is 26.6 Å². The van der Waals surface area contributed by atoms with Crippen LogP contribution >= 0.6 is 0 Å². The average Bonchev–Trinajstić information content (AvgIpc) is 0.794. The summed E-state index contributed by atoms with van der Waals surface area (Å²) >= 11 is 0. The minimum atomic E-state index is 0.640. The lowest BCUT2D eigenvalue weighted by Gasteiger charge is -2.14. The van der Waals surface area contributed by atoms with E-state index in [4.69, 9.17) is 18.4 Å². The van der Waals surface area contributed by atoms with Crippen molar-refractivity contribution in [1.29, 1.82) is 5.26 Å². The van der Waals surface area contributed by atoms with E-state index in [1.54, 1.807) is 86.0 Å². The van der Waals surface area contributed by atoms with Gasteiger partial charge in [-0.05, 0) is 255 Å². The number of rotatable bonds is 17. The van der Waals surface area contributed by atoms with Gasteiger partial charge in [0.2, 0.25) is 0 Å². The van der Waals surface area contributed by atoms with Gasteiger partial charge in [-0.3, -0.25) is 34.9 Å². The van der Waals surface area contributed by atoms with Crippen molar-refractivity contribution < 1.29 is 0 Å². The Kier molecular flexibility index (Phi) is 26.2. The van der Waals surface area contributed by atoms with Gasteiger partial charge in [0, 0.05) is 171 Å². The fourth-order valence-electron chi connectivity index (χ4n) is 13.3. The highest BCUT2D eigenvalue weighted by Gasteiger charge is 2.12. The van der Waals surface area contributed by atoms with Crippen molar-refractivity contribution in [3.63, 3.8) is 0 Å². The Labute approximate surface area is 703 Å². The first kappa shape index (κ1) is 78.9. The van der Waals surface area contributed by atoms with E-state index in [9.17, 15) is 0 Å². The normalized spacial score (nSPS) is 10.3. The summed E-state index contributed by atoms with van der Waals surface area (Å²) in [6.45, 7) is 13.9. The molecule has 19 rings (SSSR count). The highest BCUT2D eigenvalue weighted by molar-refractivity contribution is 5.96. The second kappa shape index (κ2) is 40.1. The van der Waals surface area contributed by atoms with Crippen LogP contribution in [0, 0.1) is 24.5 Å². The molecule has 0 bridgehead atoms. The molecule has 0 saturated carbocycles. The van der Waals surface area contributed by atoms with Crippen LogP contribution in [0.4, 0.5) is 68.2 Å². The SMILES string of the molecule is N#Cc1ccc(Nc2cc(-c3cccnc3)cc(-c3cccnc3)c2)cc1.[C-]#[N+]c1ccc(Nc2ccc(-c3ccccn3)cc2)cc1.[C-]#[N+]c1ccc(Nc2ccc(-c3ccncc3)cc2)cc1.c1cncc(-c2cc(Nc3cccc4ccccc34)cc(-c3cccnc3)c2)c1.c1cncc(-c2ccc(Nc3ccc4ccccc4c3)cc2)c1. The Hall–Kier alpha value is -17.3. The number of nitrogens with zero attached hydrogens (tertiary/aromatic N) is 10. The highest BCUT2D eigenvalue weighted by atomic mass is 14.9. The molecule has 0 atom stereocenters. The second-order valence-electron chi connectivity index (χ2n) is 27.7. The monoisotopic (exact) mass is 1560 g/mol. The fourth-order valence-corrected chi connectivity index (χ4v) is 13.3. The third-order valence-corrected chi connectivity index (χ3v) is 19.4. The first-order chi connectivity index (χ1) is 59.8. The van der Waals surface area contributed by atoms with E-state index in [1.165, 1.54) is 27.1 Å². The van der Waals surface area contributed by atoms with Crippen molar-refractivity contribution in [3.05, 3.63) is 467 Å². The van der Waals surface area contributed by atoms with Crippen molar-refractivity contribution in [2.24, 2.45) is 0 Å². The van der Waals surface area contributed by atoms with E-state index in [1.807, 2.05) is 177 Å². The molecule has 12 aromatic carbocycles. The van der Waals surface area contributed by atoms with Gasteiger partial charge >= 0.3 is 0 Å². The third kappa shape index (κ3) is 22.0. The van der Waals surface area contributed by atoms with Gasteiger partial charge in [0.1, 0.15) is 0 Å². The van der Waals surface area contributed by atoms with E-state index in [-0.39, 0.29) is 0 Å². The number of hydrogen-bond donors (Lipinski definition) is 5. The zero-order chi connectivity index (χ0) is 82.4. The standard InChI is InChI=1S/C26H19N3.C23H16N4.C21H16N2.2C18H13N3/c1-2-10-25-19(6-1)7-3-11-26(25)29-24-15-22(20-8-4-12-27-17-20)14-23(16-24)21-9-5-13-28-18-21;24-14-17-5-7-22(8-6-17)27-23-12-20(18-3-1-9-25-15-18)11-21(13-23)19-4-2-10-26-16-19;1-2-5-18-14-21(12-9-16(18)4-1)23-20-10-7-17(8-11-20)19-6-3-13-22-15-19;1-19-16-6-8-18(9-7-16)21-17-4-2-14(3-5-17)15-10-12-20-13-11-15;1-19-15-9-11-17(12-10-15)21-16-7-5-14(6-8-16)18-4-2-3-13-20-18/h1-18,29H;1-13,15-16,27H;1-15,23H;2*2-13,21H. The van der Waals surface area contributed by atoms with E-state index < -0.39 is 0 Å². The molecule has 0 amide bonds. The fraction of sp³-hybridized carbons (Fsp3) is 0. The van der Waals surface area contributed by atoms with E-state index in [0.29, 0.717) is 16.9 Å². The predicted octanol–water partition coefficient (Wildman–Crippen LogP) is 27.9. The van der Waals surface area contributed by atoms with Crippen LogP contribution in [0.25, 0.3) is 109 Å². The Balaban J connectivity index is 0.000000118. The number of nitriles is 1. The van der Waals surface area contributed by atoms with Gasteiger partial charge < -0.3 is 26.6 Å². The van der Waals surface area contributed by atoms with Crippen LogP contribution in [0.3, 0.4) is 0 Å². The minimum Gasteiger partial charge on any atom is -0.356 e. The van der Waals surface area contributed by atoms with Crippen LogP contribution in [0.1, 0.15) is 5.56 Å². The minimum absolute atomic E-state index is 0.640. The number of hydrogen-bond acceptors (Lipinski definition) is 13. The molecule has 0 unspecified atom stereocenters. The molecule has 19 aromatic rings. The van der Waals surface area contributed by atoms with Gasteiger partial charge in [-0.25, -0.2) is 9.69 Å². The van der Waals surface area contributed by atoms with E-state index >= 15 is 0 Å². The lowest BCUT2D eigenvalue weighted by atomic mass is 9.99. The van der Waals surface area contributed by atoms with Gasteiger partial charge in [-0.15, -0.1) is 0 Å². The number of nitrogens with one attached hydrogen (secondary N) is 5. The molecule has 576 valence electrons.